The van der Waals surface area contributed by atoms with Crippen molar-refractivity contribution in [1.29, 1.82) is 0 Å². The van der Waals surface area contributed by atoms with E-state index in [1.54, 1.807) is 0 Å². The Morgan fingerprint density at radius 2 is 1.43 bits per heavy atom. The lowest BCUT2D eigenvalue weighted by Crippen LogP contribution is -2.63. The smallest absolute Gasteiger partial charge is 0.306 e. The minimum absolute atomic E-state index is 0.0288. The molecule has 0 amide bonds. The maximum atomic E-state index is 11.8. The SMILES string of the molecule is C=C(CO[C@H]1O[C@H](COC(C)=O)[C@H](OC(C)=O)[C@H](OC(C)=O)[C@H]1OC(C)=O)CSCCC(=O)OC. The standard InChI is InChI=1S/C22H32O12S/c1-12(11-35-8-7-18(27)28-6)9-30-22-21(33-16(5)26)20(32-15(4)25)19(31-14(3)24)17(34-22)10-29-13(2)23/h17,19-22H,1,7-11H2,2-6H3/t17-,19+,20+,21-,22+/m1/s1. The van der Waals surface area contributed by atoms with Crippen LogP contribution in [0.15, 0.2) is 12.2 Å². The molecule has 13 heteroatoms. The van der Waals surface area contributed by atoms with Crippen molar-refractivity contribution in [2.45, 2.75) is 64.8 Å². The molecule has 35 heavy (non-hydrogen) atoms. The molecule has 1 rings (SSSR count). The van der Waals surface area contributed by atoms with Crippen molar-refractivity contribution >= 4 is 41.6 Å². The third-order valence-corrected chi connectivity index (χ3v) is 5.49. The van der Waals surface area contributed by atoms with E-state index in [1.165, 1.54) is 25.8 Å². The van der Waals surface area contributed by atoms with Gasteiger partial charge in [0.15, 0.2) is 24.6 Å². The Labute approximate surface area is 207 Å². The molecular formula is C22H32O12S. The molecule has 0 aliphatic carbocycles. The molecule has 0 radical (unpaired) electrons. The van der Waals surface area contributed by atoms with Gasteiger partial charge in [-0.05, 0) is 5.57 Å². The highest BCUT2D eigenvalue weighted by atomic mass is 32.2. The van der Waals surface area contributed by atoms with Crippen LogP contribution in [-0.2, 0) is 57.1 Å². The fourth-order valence-corrected chi connectivity index (χ4v) is 3.87. The van der Waals surface area contributed by atoms with Crippen molar-refractivity contribution in [2.24, 2.45) is 0 Å². The van der Waals surface area contributed by atoms with Crippen molar-refractivity contribution in [2.75, 3.05) is 31.8 Å². The van der Waals surface area contributed by atoms with Gasteiger partial charge in [-0.2, -0.15) is 11.8 Å². The van der Waals surface area contributed by atoms with E-state index in [4.69, 9.17) is 28.4 Å². The number of methoxy groups -OCH3 is 1. The molecule has 0 unspecified atom stereocenters. The number of carbonyl (C=O) groups is 5. The maximum absolute atomic E-state index is 11.8. The Kier molecular flexibility index (Phi) is 13.3. The molecule has 1 saturated heterocycles. The fraction of sp³-hybridized carbons (Fsp3) is 0.682. The summed E-state index contributed by atoms with van der Waals surface area (Å²) in [4.78, 5) is 57.9. The van der Waals surface area contributed by atoms with Gasteiger partial charge in [0.2, 0.25) is 0 Å². The number of hydrogen-bond acceptors (Lipinski definition) is 13. The summed E-state index contributed by atoms with van der Waals surface area (Å²) in [6.07, 6.45) is -5.97. The Morgan fingerprint density at radius 3 is 1.97 bits per heavy atom. The lowest BCUT2D eigenvalue weighted by Gasteiger charge is -2.44. The minimum atomic E-state index is -1.30. The molecule has 0 spiro atoms. The largest absolute Gasteiger partial charge is 0.469 e. The second-order valence-corrected chi connectivity index (χ2v) is 8.61. The molecule has 198 valence electrons. The van der Waals surface area contributed by atoms with E-state index in [2.05, 4.69) is 11.3 Å². The second-order valence-electron chi connectivity index (χ2n) is 7.51. The van der Waals surface area contributed by atoms with Gasteiger partial charge in [0, 0.05) is 39.2 Å². The van der Waals surface area contributed by atoms with Gasteiger partial charge in [0.05, 0.1) is 20.1 Å². The van der Waals surface area contributed by atoms with E-state index >= 15 is 0 Å². The molecule has 0 aromatic rings. The number of hydrogen-bond donors (Lipinski definition) is 0. The summed E-state index contributed by atoms with van der Waals surface area (Å²) in [7, 11) is 1.31. The van der Waals surface area contributed by atoms with Gasteiger partial charge in [0.1, 0.15) is 12.7 Å². The van der Waals surface area contributed by atoms with E-state index in [-0.39, 0.29) is 25.6 Å². The topological polar surface area (TPSA) is 150 Å². The zero-order valence-electron chi connectivity index (χ0n) is 20.4. The first-order valence-electron chi connectivity index (χ1n) is 10.7. The van der Waals surface area contributed by atoms with Crippen LogP contribution in [-0.4, -0.2) is 92.4 Å². The molecule has 12 nitrogen and oxygen atoms in total. The van der Waals surface area contributed by atoms with E-state index in [0.29, 0.717) is 17.1 Å². The van der Waals surface area contributed by atoms with Crippen LogP contribution >= 0.6 is 11.8 Å². The second kappa shape index (κ2) is 15.4. The summed E-state index contributed by atoms with van der Waals surface area (Å²) in [5.74, 6) is -2.13. The Morgan fingerprint density at radius 1 is 0.857 bits per heavy atom. The van der Waals surface area contributed by atoms with Crippen molar-refractivity contribution in [3.63, 3.8) is 0 Å². The quantitative estimate of drug-likeness (QED) is 0.147. The van der Waals surface area contributed by atoms with Gasteiger partial charge < -0.3 is 33.2 Å². The molecule has 0 aromatic carbocycles. The number of ether oxygens (including phenoxy) is 7. The van der Waals surface area contributed by atoms with E-state index in [1.807, 2.05) is 0 Å². The van der Waals surface area contributed by atoms with Gasteiger partial charge in [0.25, 0.3) is 0 Å². The van der Waals surface area contributed by atoms with Crippen LogP contribution in [0.1, 0.15) is 34.1 Å². The van der Waals surface area contributed by atoms with Gasteiger partial charge in [-0.3, -0.25) is 24.0 Å². The van der Waals surface area contributed by atoms with Crippen LogP contribution < -0.4 is 0 Å². The number of thioether (sulfide) groups is 1. The van der Waals surface area contributed by atoms with Crippen molar-refractivity contribution < 1.29 is 57.1 Å². The predicted octanol–water partition coefficient (Wildman–Crippen LogP) is 0.939. The molecule has 0 aromatic heterocycles. The first-order valence-corrected chi connectivity index (χ1v) is 11.8. The fourth-order valence-electron chi connectivity index (χ4n) is 3.04. The molecule has 0 saturated carbocycles. The average molecular weight is 521 g/mol. The lowest BCUT2D eigenvalue weighted by molar-refractivity contribution is -0.306. The number of esters is 5. The van der Waals surface area contributed by atoms with Crippen molar-refractivity contribution in [3.05, 3.63) is 12.2 Å². The van der Waals surface area contributed by atoms with Crippen molar-refractivity contribution in [1.82, 2.24) is 0 Å². The van der Waals surface area contributed by atoms with Gasteiger partial charge in [-0.1, -0.05) is 6.58 Å². The number of rotatable bonds is 13. The van der Waals surface area contributed by atoms with Gasteiger partial charge in [-0.25, -0.2) is 0 Å². The third kappa shape index (κ3) is 11.6. The molecule has 1 heterocycles. The molecule has 0 bridgehead atoms. The van der Waals surface area contributed by atoms with Gasteiger partial charge >= 0.3 is 29.8 Å². The predicted molar refractivity (Wildman–Crippen MR) is 121 cm³/mol. The highest BCUT2D eigenvalue weighted by Crippen LogP contribution is 2.30. The summed E-state index contributed by atoms with van der Waals surface area (Å²) >= 11 is 1.44. The molecule has 1 fully saturated rings. The monoisotopic (exact) mass is 520 g/mol. The minimum Gasteiger partial charge on any atom is -0.469 e. The zero-order chi connectivity index (χ0) is 26.5. The summed E-state index contributed by atoms with van der Waals surface area (Å²) in [6, 6.07) is 0. The van der Waals surface area contributed by atoms with Crippen molar-refractivity contribution in [3.8, 4) is 0 Å². The molecule has 1 aliphatic heterocycles. The van der Waals surface area contributed by atoms with Crippen LogP contribution in [0.4, 0.5) is 0 Å². The molecule has 1 aliphatic rings. The molecule has 0 N–H and O–H groups in total. The Bertz CT molecular complexity index is 782. The third-order valence-electron chi connectivity index (χ3n) is 4.38. The Balaban J connectivity index is 3.03. The zero-order valence-corrected chi connectivity index (χ0v) is 21.3. The highest BCUT2D eigenvalue weighted by molar-refractivity contribution is 7.99. The Hall–Kier alpha value is -2.64. The normalized spacial score (nSPS) is 23.5. The summed E-state index contributed by atoms with van der Waals surface area (Å²) in [5, 5.41) is 0. The van der Waals surface area contributed by atoms with E-state index in [0.717, 1.165) is 20.8 Å². The van der Waals surface area contributed by atoms with E-state index in [9.17, 15) is 24.0 Å². The highest BCUT2D eigenvalue weighted by Gasteiger charge is 2.52. The van der Waals surface area contributed by atoms with Crippen LogP contribution in [0.2, 0.25) is 0 Å². The number of carbonyl (C=O) groups excluding carboxylic acids is 5. The first kappa shape index (κ1) is 30.4. The lowest BCUT2D eigenvalue weighted by atomic mass is 9.98. The average Bonchev–Trinajstić information content (AvgIpc) is 2.76. The van der Waals surface area contributed by atoms with Crippen LogP contribution in [0, 0.1) is 0 Å². The molecule has 5 atom stereocenters. The van der Waals surface area contributed by atoms with Crippen LogP contribution in [0.5, 0.6) is 0 Å². The maximum Gasteiger partial charge on any atom is 0.306 e. The van der Waals surface area contributed by atoms with Gasteiger partial charge in [-0.15, -0.1) is 0 Å². The molecular weight excluding hydrogens is 488 g/mol. The van der Waals surface area contributed by atoms with E-state index < -0.39 is 54.6 Å². The first-order chi connectivity index (χ1) is 16.4. The van der Waals surface area contributed by atoms with Crippen LogP contribution in [0.3, 0.4) is 0 Å². The summed E-state index contributed by atoms with van der Waals surface area (Å²) in [6.45, 7) is 8.14. The summed E-state index contributed by atoms with van der Waals surface area (Å²) < 4.78 is 37.2. The summed E-state index contributed by atoms with van der Waals surface area (Å²) in [5.41, 5.74) is 0.632. The van der Waals surface area contributed by atoms with Crippen LogP contribution in [0.25, 0.3) is 0 Å².